The lowest BCUT2D eigenvalue weighted by Gasteiger charge is -2.27. The van der Waals surface area contributed by atoms with Crippen molar-refractivity contribution in [3.05, 3.63) is 35.4 Å². The van der Waals surface area contributed by atoms with Crippen LogP contribution >= 0.6 is 0 Å². The molecule has 2 rings (SSSR count). The first kappa shape index (κ1) is 12.3. The fourth-order valence-corrected chi connectivity index (χ4v) is 3.00. The average molecular weight is 230 g/mol. The molecule has 1 aromatic rings. The summed E-state index contributed by atoms with van der Waals surface area (Å²) in [6, 6.07) is 8.75. The Kier molecular flexibility index (Phi) is 3.98. The zero-order valence-corrected chi connectivity index (χ0v) is 10.9. The Labute approximate surface area is 104 Å². The Morgan fingerprint density at radius 2 is 2.06 bits per heavy atom. The SMILES string of the molecule is CCC(CC1CCc2ccccc2C1)C(C)=O. The molecular weight excluding hydrogens is 208 g/mol. The number of hydrogen-bond donors (Lipinski definition) is 0. The van der Waals surface area contributed by atoms with Crippen molar-refractivity contribution in [1.29, 1.82) is 0 Å². The number of carbonyl (C=O) groups excluding carboxylic acids is 1. The molecule has 17 heavy (non-hydrogen) atoms. The van der Waals surface area contributed by atoms with Crippen LogP contribution in [0.4, 0.5) is 0 Å². The Hall–Kier alpha value is -1.11. The minimum absolute atomic E-state index is 0.283. The fraction of sp³-hybridized carbons (Fsp3) is 0.562. The standard InChI is InChI=1S/C16H22O/c1-3-14(12(2)17)10-13-8-9-15-6-4-5-7-16(15)11-13/h4-7,13-14H,3,8-11H2,1-2H3. The van der Waals surface area contributed by atoms with Gasteiger partial charge in [0.05, 0.1) is 0 Å². The number of hydrogen-bond acceptors (Lipinski definition) is 1. The predicted molar refractivity (Wildman–Crippen MR) is 71.0 cm³/mol. The number of Topliss-reactive ketones (excluding diaryl/α,β-unsaturated/α-hetero) is 1. The molecule has 0 fully saturated rings. The van der Waals surface area contributed by atoms with Gasteiger partial charge in [0.25, 0.3) is 0 Å². The van der Waals surface area contributed by atoms with Gasteiger partial charge in [0.1, 0.15) is 5.78 Å². The molecule has 0 aromatic heterocycles. The third-order valence-corrected chi connectivity index (χ3v) is 4.13. The molecule has 2 unspecified atom stereocenters. The average Bonchev–Trinajstić information content (AvgIpc) is 2.35. The minimum atomic E-state index is 0.283. The van der Waals surface area contributed by atoms with Gasteiger partial charge in [-0.2, -0.15) is 0 Å². The van der Waals surface area contributed by atoms with E-state index in [0.717, 1.165) is 12.8 Å². The molecule has 0 radical (unpaired) electrons. The van der Waals surface area contributed by atoms with Crippen LogP contribution in [0.15, 0.2) is 24.3 Å². The number of fused-ring (bicyclic) bond motifs is 1. The molecule has 2 atom stereocenters. The van der Waals surface area contributed by atoms with E-state index in [1.165, 1.54) is 30.4 Å². The number of carbonyl (C=O) groups is 1. The summed E-state index contributed by atoms with van der Waals surface area (Å²) in [5.74, 6) is 1.36. The Morgan fingerprint density at radius 1 is 1.35 bits per heavy atom. The van der Waals surface area contributed by atoms with Crippen molar-refractivity contribution in [2.75, 3.05) is 0 Å². The van der Waals surface area contributed by atoms with Crippen LogP contribution in [0.2, 0.25) is 0 Å². The monoisotopic (exact) mass is 230 g/mol. The second kappa shape index (κ2) is 5.48. The van der Waals surface area contributed by atoms with Crippen LogP contribution in [0, 0.1) is 11.8 Å². The molecule has 0 N–H and O–H groups in total. The van der Waals surface area contributed by atoms with Crippen LogP contribution in [-0.2, 0) is 17.6 Å². The third-order valence-electron chi connectivity index (χ3n) is 4.13. The first-order valence-electron chi connectivity index (χ1n) is 6.78. The Bertz CT molecular complexity index is 394. The van der Waals surface area contributed by atoms with Gasteiger partial charge in [-0.3, -0.25) is 4.79 Å². The summed E-state index contributed by atoms with van der Waals surface area (Å²) in [6.45, 7) is 3.87. The molecule has 92 valence electrons. The summed E-state index contributed by atoms with van der Waals surface area (Å²) in [5.41, 5.74) is 3.02. The van der Waals surface area contributed by atoms with Crippen LogP contribution in [0.25, 0.3) is 0 Å². The maximum atomic E-state index is 11.5. The molecule has 0 heterocycles. The highest BCUT2D eigenvalue weighted by Crippen LogP contribution is 2.30. The van der Waals surface area contributed by atoms with E-state index < -0.39 is 0 Å². The van der Waals surface area contributed by atoms with Crippen molar-refractivity contribution in [3.8, 4) is 0 Å². The normalized spacial score (nSPS) is 20.7. The Balaban J connectivity index is 2.00. The molecule has 0 spiro atoms. The lowest BCUT2D eigenvalue weighted by atomic mass is 9.78. The van der Waals surface area contributed by atoms with E-state index in [4.69, 9.17) is 0 Å². The maximum absolute atomic E-state index is 11.5. The zero-order chi connectivity index (χ0) is 12.3. The number of aryl methyl sites for hydroxylation is 1. The van der Waals surface area contributed by atoms with Crippen molar-refractivity contribution in [2.45, 2.75) is 46.0 Å². The quantitative estimate of drug-likeness (QED) is 0.769. The highest BCUT2D eigenvalue weighted by atomic mass is 16.1. The summed E-state index contributed by atoms with van der Waals surface area (Å²) in [6.07, 6.45) is 5.68. The molecule has 0 saturated carbocycles. The zero-order valence-electron chi connectivity index (χ0n) is 10.9. The third kappa shape index (κ3) is 2.96. The molecule has 1 aromatic carbocycles. The van der Waals surface area contributed by atoms with Crippen LogP contribution < -0.4 is 0 Å². The van der Waals surface area contributed by atoms with E-state index >= 15 is 0 Å². The highest BCUT2D eigenvalue weighted by Gasteiger charge is 2.22. The molecule has 0 saturated heterocycles. The maximum Gasteiger partial charge on any atom is 0.132 e. The van der Waals surface area contributed by atoms with Crippen LogP contribution in [0.3, 0.4) is 0 Å². The van der Waals surface area contributed by atoms with E-state index in [1.54, 1.807) is 6.92 Å². The highest BCUT2D eigenvalue weighted by molar-refractivity contribution is 5.78. The molecule has 1 heteroatoms. The van der Waals surface area contributed by atoms with E-state index in [-0.39, 0.29) is 5.92 Å². The summed E-state index contributed by atoms with van der Waals surface area (Å²) in [7, 11) is 0. The second-order valence-electron chi connectivity index (χ2n) is 5.33. The number of benzene rings is 1. The van der Waals surface area contributed by atoms with Crippen LogP contribution in [-0.4, -0.2) is 5.78 Å². The van der Waals surface area contributed by atoms with E-state index in [9.17, 15) is 4.79 Å². The summed E-state index contributed by atoms with van der Waals surface area (Å²) < 4.78 is 0. The van der Waals surface area contributed by atoms with Gasteiger partial charge in [0.15, 0.2) is 0 Å². The lowest BCUT2D eigenvalue weighted by molar-refractivity contribution is -0.121. The Morgan fingerprint density at radius 3 is 2.71 bits per heavy atom. The molecule has 0 bridgehead atoms. The summed E-state index contributed by atoms with van der Waals surface area (Å²) >= 11 is 0. The topological polar surface area (TPSA) is 17.1 Å². The van der Waals surface area contributed by atoms with Gasteiger partial charge in [-0.1, -0.05) is 31.2 Å². The van der Waals surface area contributed by atoms with E-state index in [0.29, 0.717) is 11.7 Å². The first-order chi connectivity index (χ1) is 8.20. The van der Waals surface area contributed by atoms with Gasteiger partial charge in [0.2, 0.25) is 0 Å². The predicted octanol–water partition coefficient (Wildman–Crippen LogP) is 3.80. The van der Waals surface area contributed by atoms with Gasteiger partial charge in [0, 0.05) is 5.92 Å². The van der Waals surface area contributed by atoms with Gasteiger partial charge in [-0.25, -0.2) is 0 Å². The van der Waals surface area contributed by atoms with Gasteiger partial charge in [-0.15, -0.1) is 0 Å². The largest absolute Gasteiger partial charge is 0.300 e. The first-order valence-corrected chi connectivity index (χ1v) is 6.78. The molecule has 1 aliphatic rings. The second-order valence-corrected chi connectivity index (χ2v) is 5.33. The van der Waals surface area contributed by atoms with Gasteiger partial charge in [-0.05, 0) is 56.1 Å². The van der Waals surface area contributed by atoms with Crippen molar-refractivity contribution >= 4 is 5.78 Å². The smallest absolute Gasteiger partial charge is 0.132 e. The van der Waals surface area contributed by atoms with Gasteiger partial charge < -0.3 is 0 Å². The lowest BCUT2D eigenvalue weighted by Crippen LogP contribution is -2.20. The van der Waals surface area contributed by atoms with E-state index in [2.05, 4.69) is 31.2 Å². The molecule has 0 amide bonds. The number of ketones is 1. The van der Waals surface area contributed by atoms with Crippen molar-refractivity contribution in [2.24, 2.45) is 11.8 Å². The van der Waals surface area contributed by atoms with Crippen LogP contribution in [0.1, 0.15) is 44.2 Å². The van der Waals surface area contributed by atoms with Gasteiger partial charge >= 0.3 is 0 Å². The van der Waals surface area contributed by atoms with Crippen molar-refractivity contribution < 1.29 is 4.79 Å². The molecule has 1 nitrogen and oxygen atoms in total. The van der Waals surface area contributed by atoms with E-state index in [1.807, 2.05) is 0 Å². The summed E-state index contributed by atoms with van der Waals surface area (Å²) in [4.78, 5) is 11.5. The fourth-order valence-electron chi connectivity index (χ4n) is 3.00. The molecule has 0 aliphatic heterocycles. The minimum Gasteiger partial charge on any atom is -0.300 e. The van der Waals surface area contributed by atoms with Crippen LogP contribution in [0.5, 0.6) is 0 Å². The summed E-state index contributed by atoms with van der Waals surface area (Å²) in [5, 5.41) is 0. The van der Waals surface area contributed by atoms with Crippen molar-refractivity contribution in [1.82, 2.24) is 0 Å². The van der Waals surface area contributed by atoms with Crippen molar-refractivity contribution in [3.63, 3.8) is 0 Å². The molecular formula is C16H22O. The molecule has 1 aliphatic carbocycles. The number of rotatable bonds is 4.